The molecule has 0 amide bonds. The van der Waals surface area contributed by atoms with E-state index in [2.05, 4.69) is 58.7 Å². The number of hydrogen-bond acceptors (Lipinski definition) is 3. The molecule has 0 aromatic rings. The lowest BCUT2D eigenvalue weighted by molar-refractivity contribution is 0.461. The highest BCUT2D eigenvalue weighted by Crippen LogP contribution is 2.25. The largest absolute Gasteiger partial charge is 0.175 e. The van der Waals surface area contributed by atoms with Crippen LogP contribution in [0.2, 0.25) is 0 Å². The van der Waals surface area contributed by atoms with E-state index in [4.69, 9.17) is 0 Å². The first-order valence-electron chi connectivity index (χ1n) is 6.07. The van der Waals surface area contributed by atoms with Gasteiger partial charge in [0.2, 0.25) is 0 Å². The van der Waals surface area contributed by atoms with Crippen molar-refractivity contribution in [2.24, 2.45) is 5.92 Å². The fourth-order valence-electron chi connectivity index (χ4n) is 1.76. The van der Waals surface area contributed by atoms with Crippen LogP contribution in [0.15, 0.2) is 0 Å². The molecule has 0 aliphatic heterocycles. The molecule has 0 aliphatic rings. The molecule has 3 heteroatoms. The van der Waals surface area contributed by atoms with Gasteiger partial charge in [0, 0.05) is 15.7 Å². The second-order valence-corrected chi connectivity index (χ2v) is 6.43. The van der Waals surface area contributed by atoms with E-state index in [1.54, 1.807) is 0 Å². The first-order valence-corrected chi connectivity index (χ1v) is 7.62. The minimum Gasteiger partial charge on any atom is -0.175 e. The van der Waals surface area contributed by atoms with Crippen LogP contribution in [0.1, 0.15) is 52.9 Å². The van der Waals surface area contributed by atoms with Crippen molar-refractivity contribution in [3.63, 3.8) is 0 Å². The van der Waals surface area contributed by atoms with Crippen molar-refractivity contribution in [1.29, 1.82) is 0 Å². The molecule has 15 heavy (non-hydrogen) atoms. The highest BCUT2D eigenvalue weighted by atomic mass is 32.1. The number of rotatable bonds is 8. The molecular formula is C12H26S3. The summed E-state index contributed by atoms with van der Waals surface area (Å²) in [6.45, 7) is 6.73. The molecule has 0 heterocycles. The Labute approximate surface area is 112 Å². The molecule has 0 saturated heterocycles. The Morgan fingerprint density at radius 1 is 0.867 bits per heavy atom. The maximum atomic E-state index is 4.64. The van der Waals surface area contributed by atoms with Gasteiger partial charge in [-0.15, -0.1) is 0 Å². The lowest BCUT2D eigenvalue weighted by Crippen LogP contribution is -2.25. The van der Waals surface area contributed by atoms with Crippen LogP contribution in [0.4, 0.5) is 0 Å². The Balaban J connectivity index is 3.76. The summed E-state index contributed by atoms with van der Waals surface area (Å²) in [5, 5.41) is 1.07. The highest BCUT2D eigenvalue weighted by molar-refractivity contribution is 7.87. The molecule has 0 bridgehead atoms. The fraction of sp³-hybridized carbons (Fsp3) is 1.00. The van der Waals surface area contributed by atoms with Crippen LogP contribution in [0.3, 0.4) is 0 Å². The zero-order valence-electron chi connectivity index (χ0n) is 10.2. The third-order valence-corrected chi connectivity index (χ3v) is 5.40. The molecule has 0 spiro atoms. The van der Waals surface area contributed by atoms with E-state index < -0.39 is 0 Å². The highest BCUT2D eigenvalue weighted by Gasteiger charge is 2.20. The minimum absolute atomic E-state index is 0.315. The average Bonchev–Trinajstić information content (AvgIpc) is 2.24. The van der Waals surface area contributed by atoms with Gasteiger partial charge in [0.1, 0.15) is 0 Å². The zero-order chi connectivity index (χ0) is 11.8. The lowest BCUT2D eigenvalue weighted by Gasteiger charge is -2.24. The van der Waals surface area contributed by atoms with Crippen LogP contribution >= 0.6 is 37.9 Å². The lowest BCUT2D eigenvalue weighted by atomic mass is 9.97. The van der Waals surface area contributed by atoms with Gasteiger partial charge in [0.15, 0.2) is 0 Å². The van der Waals surface area contributed by atoms with Crippen LogP contribution in [-0.4, -0.2) is 15.7 Å². The predicted molar refractivity (Wildman–Crippen MR) is 81.9 cm³/mol. The maximum absolute atomic E-state index is 4.64. The second-order valence-electron chi connectivity index (χ2n) is 4.50. The second kappa shape index (κ2) is 9.12. The first kappa shape index (κ1) is 16.1. The third kappa shape index (κ3) is 7.06. The van der Waals surface area contributed by atoms with Gasteiger partial charge < -0.3 is 0 Å². The van der Waals surface area contributed by atoms with Crippen molar-refractivity contribution in [3.8, 4) is 0 Å². The summed E-state index contributed by atoms with van der Waals surface area (Å²) in [4.78, 5) is 0. The summed E-state index contributed by atoms with van der Waals surface area (Å²) in [7, 11) is 0. The molecule has 0 N–H and O–H groups in total. The van der Waals surface area contributed by atoms with E-state index in [1.165, 1.54) is 19.3 Å². The normalized spacial score (nSPS) is 19.6. The molecule has 0 nitrogen and oxygen atoms in total. The molecule has 0 aromatic heterocycles. The number of hydrogen-bond donors (Lipinski definition) is 3. The van der Waals surface area contributed by atoms with Crippen molar-refractivity contribution in [3.05, 3.63) is 0 Å². The topological polar surface area (TPSA) is 0 Å². The van der Waals surface area contributed by atoms with E-state index in [0.717, 1.165) is 18.8 Å². The van der Waals surface area contributed by atoms with Crippen molar-refractivity contribution in [1.82, 2.24) is 0 Å². The molecule has 0 rings (SSSR count). The Hall–Kier alpha value is 1.05. The summed E-state index contributed by atoms with van der Waals surface area (Å²) >= 11 is 13.8. The van der Waals surface area contributed by atoms with Crippen LogP contribution < -0.4 is 0 Å². The van der Waals surface area contributed by atoms with E-state index in [0.29, 0.717) is 15.7 Å². The van der Waals surface area contributed by atoms with Gasteiger partial charge >= 0.3 is 0 Å². The summed E-state index contributed by atoms with van der Waals surface area (Å²) < 4.78 is 0. The van der Waals surface area contributed by atoms with Crippen molar-refractivity contribution >= 4 is 37.9 Å². The average molecular weight is 267 g/mol. The summed E-state index contributed by atoms with van der Waals surface area (Å²) in [5.41, 5.74) is 0. The Bertz CT molecular complexity index is 150. The summed E-state index contributed by atoms with van der Waals surface area (Å²) in [6.07, 6.45) is 6.11. The van der Waals surface area contributed by atoms with Crippen LogP contribution in [-0.2, 0) is 0 Å². The van der Waals surface area contributed by atoms with Gasteiger partial charge in [-0.05, 0) is 25.2 Å². The Morgan fingerprint density at radius 3 is 1.93 bits per heavy atom. The Morgan fingerprint density at radius 2 is 1.47 bits per heavy atom. The van der Waals surface area contributed by atoms with Crippen molar-refractivity contribution < 1.29 is 0 Å². The van der Waals surface area contributed by atoms with Crippen LogP contribution in [0, 0.1) is 5.92 Å². The predicted octanol–water partition coefficient (Wildman–Crippen LogP) is 4.51. The van der Waals surface area contributed by atoms with Crippen LogP contribution in [0.5, 0.6) is 0 Å². The molecule has 0 aliphatic carbocycles. The maximum Gasteiger partial charge on any atom is 0.0250 e. The molecule has 0 radical (unpaired) electrons. The molecule has 4 unspecified atom stereocenters. The van der Waals surface area contributed by atoms with Gasteiger partial charge in [-0.25, -0.2) is 0 Å². The zero-order valence-corrected chi connectivity index (χ0v) is 12.9. The van der Waals surface area contributed by atoms with Gasteiger partial charge in [-0.3, -0.25) is 0 Å². The van der Waals surface area contributed by atoms with E-state index in [9.17, 15) is 0 Å². The monoisotopic (exact) mass is 266 g/mol. The molecule has 92 valence electrons. The standard InChI is InChI=1S/C12H26S3/c1-4-6-9(3)7-8-11(14)12(15)10(13)5-2/h9-15H,4-8H2,1-3H3. The molecule has 0 fully saturated rings. The first-order chi connectivity index (χ1) is 7.02. The van der Waals surface area contributed by atoms with Gasteiger partial charge in [0.25, 0.3) is 0 Å². The molecule has 4 atom stereocenters. The molecular weight excluding hydrogens is 240 g/mol. The smallest absolute Gasteiger partial charge is 0.0250 e. The molecule has 0 saturated carbocycles. The summed E-state index contributed by atoms with van der Waals surface area (Å²) in [6, 6.07) is 0. The summed E-state index contributed by atoms with van der Waals surface area (Å²) in [5.74, 6) is 0.824. The van der Waals surface area contributed by atoms with Gasteiger partial charge in [-0.1, -0.05) is 33.6 Å². The van der Waals surface area contributed by atoms with Crippen molar-refractivity contribution in [2.75, 3.05) is 0 Å². The van der Waals surface area contributed by atoms with Crippen LogP contribution in [0.25, 0.3) is 0 Å². The Kier molecular flexibility index (Phi) is 9.76. The van der Waals surface area contributed by atoms with E-state index in [1.807, 2.05) is 0 Å². The SMILES string of the molecule is CCCC(C)CCC(S)C(S)C(S)CC. The van der Waals surface area contributed by atoms with E-state index in [-0.39, 0.29) is 0 Å². The van der Waals surface area contributed by atoms with Crippen molar-refractivity contribution in [2.45, 2.75) is 68.6 Å². The quantitative estimate of drug-likeness (QED) is 0.529. The minimum atomic E-state index is 0.315. The number of thiol groups is 3. The van der Waals surface area contributed by atoms with Gasteiger partial charge in [-0.2, -0.15) is 37.9 Å². The molecule has 0 aromatic carbocycles. The van der Waals surface area contributed by atoms with E-state index >= 15 is 0 Å². The third-order valence-electron chi connectivity index (χ3n) is 2.94. The fourth-order valence-corrected chi connectivity index (χ4v) is 2.82. The van der Waals surface area contributed by atoms with Gasteiger partial charge in [0.05, 0.1) is 0 Å².